The van der Waals surface area contributed by atoms with Gasteiger partial charge in [0.25, 0.3) is 5.91 Å². The molecule has 0 atom stereocenters. The van der Waals surface area contributed by atoms with Crippen LogP contribution in [0.4, 0.5) is 5.69 Å². The van der Waals surface area contributed by atoms with Crippen LogP contribution in [0, 0.1) is 0 Å². The number of para-hydroxylation sites is 1. The highest BCUT2D eigenvalue weighted by Crippen LogP contribution is 2.37. The third kappa shape index (κ3) is 3.54. The number of methoxy groups -OCH3 is 1. The molecule has 0 unspecified atom stereocenters. The molecule has 0 aliphatic rings. The smallest absolute Gasteiger partial charge is 0.349 e. The van der Waals surface area contributed by atoms with E-state index in [0.29, 0.717) is 25.8 Å². The number of hydrogen-bond acceptors (Lipinski definition) is 5. The number of fused-ring (bicyclic) bond motifs is 1. The van der Waals surface area contributed by atoms with E-state index in [0.717, 1.165) is 0 Å². The maximum atomic E-state index is 12.3. The first kappa shape index (κ1) is 17.5. The fourth-order valence-corrected chi connectivity index (χ4v) is 3.05. The van der Waals surface area contributed by atoms with Gasteiger partial charge < -0.3 is 9.15 Å². The molecule has 0 aliphatic heterocycles. The normalized spacial score (nSPS) is 10.5. The van der Waals surface area contributed by atoms with E-state index < -0.39 is 11.5 Å². The zero-order valence-electron chi connectivity index (χ0n) is 12.9. The van der Waals surface area contributed by atoms with Crippen LogP contribution in [-0.2, 0) is 0 Å². The van der Waals surface area contributed by atoms with Crippen molar-refractivity contribution in [2.75, 3.05) is 12.5 Å². The highest BCUT2D eigenvalue weighted by Gasteiger charge is 2.18. The molecule has 0 saturated carbocycles. The standard InChI is InChI=1S/C17H12Br2N2O4/c1-24-13-8-12(18)14(19)10-7-11(17(23)25-15(10)13)16(22)21-20-9-5-3-2-4-6-9/h2-8,20H,1H3,(H,21,22). The molecule has 0 spiro atoms. The van der Waals surface area contributed by atoms with Gasteiger partial charge in [0.15, 0.2) is 11.3 Å². The number of carbonyl (C=O) groups is 1. The number of benzene rings is 2. The Kier molecular flexibility index (Phi) is 5.10. The molecule has 3 aromatic rings. The third-order valence-electron chi connectivity index (χ3n) is 3.43. The van der Waals surface area contributed by atoms with Crippen molar-refractivity contribution in [1.82, 2.24) is 5.43 Å². The average Bonchev–Trinajstić information content (AvgIpc) is 2.63. The van der Waals surface area contributed by atoms with Crippen molar-refractivity contribution in [2.45, 2.75) is 0 Å². The third-order valence-corrected chi connectivity index (χ3v) is 5.45. The SMILES string of the molecule is COc1cc(Br)c(Br)c2cc(C(=O)NNc3ccccc3)c(=O)oc12. The summed E-state index contributed by atoms with van der Waals surface area (Å²) in [6.07, 6.45) is 0. The molecule has 8 heteroatoms. The van der Waals surface area contributed by atoms with E-state index in [-0.39, 0.29) is 11.1 Å². The summed E-state index contributed by atoms with van der Waals surface area (Å²) in [7, 11) is 1.47. The lowest BCUT2D eigenvalue weighted by Gasteiger charge is -2.10. The molecule has 1 heterocycles. The fourth-order valence-electron chi connectivity index (χ4n) is 2.22. The van der Waals surface area contributed by atoms with Gasteiger partial charge in [0.1, 0.15) is 5.56 Å². The minimum atomic E-state index is -0.757. The van der Waals surface area contributed by atoms with Crippen molar-refractivity contribution in [3.8, 4) is 5.75 Å². The molecular weight excluding hydrogens is 456 g/mol. The minimum Gasteiger partial charge on any atom is -0.493 e. The van der Waals surface area contributed by atoms with Crippen LogP contribution in [0.2, 0.25) is 0 Å². The summed E-state index contributed by atoms with van der Waals surface area (Å²) in [6, 6.07) is 12.2. The predicted octanol–water partition coefficient (Wildman–Crippen LogP) is 4.08. The van der Waals surface area contributed by atoms with Gasteiger partial charge in [0, 0.05) is 14.3 Å². The molecule has 1 aromatic heterocycles. The molecule has 0 fully saturated rings. The number of hydrogen-bond donors (Lipinski definition) is 2. The number of carbonyl (C=O) groups excluding carboxylic acids is 1. The van der Waals surface area contributed by atoms with Gasteiger partial charge in [-0.25, -0.2) is 4.79 Å². The zero-order valence-corrected chi connectivity index (χ0v) is 16.1. The number of halogens is 2. The van der Waals surface area contributed by atoms with Crippen LogP contribution in [0.3, 0.4) is 0 Å². The van der Waals surface area contributed by atoms with Crippen molar-refractivity contribution < 1.29 is 13.9 Å². The Balaban J connectivity index is 1.99. The first-order valence-corrected chi connectivity index (χ1v) is 8.71. The van der Waals surface area contributed by atoms with Crippen molar-refractivity contribution in [3.05, 3.63) is 67.4 Å². The van der Waals surface area contributed by atoms with E-state index in [1.165, 1.54) is 13.2 Å². The Bertz CT molecular complexity index is 1000. The van der Waals surface area contributed by atoms with E-state index in [2.05, 4.69) is 42.7 Å². The van der Waals surface area contributed by atoms with Crippen molar-refractivity contribution in [3.63, 3.8) is 0 Å². The lowest BCUT2D eigenvalue weighted by Crippen LogP contribution is -2.32. The van der Waals surface area contributed by atoms with Gasteiger partial charge in [-0.05, 0) is 56.1 Å². The second-order valence-corrected chi connectivity index (χ2v) is 6.66. The van der Waals surface area contributed by atoms with Crippen LogP contribution in [0.5, 0.6) is 5.75 Å². The summed E-state index contributed by atoms with van der Waals surface area (Å²) in [4.78, 5) is 24.6. The van der Waals surface area contributed by atoms with Crippen LogP contribution >= 0.6 is 31.9 Å². The van der Waals surface area contributed by atoms with Gasteiger partial charge >= 0.3 is 5.63 Å². The Morgan fingerprint density at radius 3 is 2.56 bits per heavy atom. The maximum absolute atomic E-state index is 12.3. The Morgan fingerprint density at radius 1 is 1.16 bits per heavy atom. The van der Waals surface area contributed by atoms with E-state index in [1.807, 2.05) is 18.2 Å². The number of anilines is 1. The molecule has 0 aliphatic carbocycles. The van der Waals surface area contributed by atoms with E-state index in [1.54, 1.807) is 18.2 Å². The second kappa shape index (κ2) is 7.28. The summed E-state index contributed by atoms with van der Waals surface area (Å²) in [5, 5.41) is 0.538. The van der Waals surface area contributed by atoms with Crippen molar-refractivity contribution in [1.29, 1.82) is 0 Å². The second-order valence-electron chi connectivity index (χ2n) is 5.01. The summed E-state index contributed by atoms with van der Waals surface area (Å²) in [6.45, 7) is 0. The molecule has 0 saturated heterocycles. The Morgan fingerprint density at radius 2 is 1.88 bits per heavy atom. The Labute approximate surface area is 159 Å². The van der Waals surface area contributed by atoms with Gasteiger partial charge in [-0.15, -0.1) is 0 Å². The fraction of sp³-hybridized carbons (Fsp3) is 0.0588. The molecule has 2 N–H and O–H groups in total. The van der Waals surface area contributed by atoms with Crippen molar-refractivity contribution in [2.24, 2.45) is 0 Å². The molecule has 0 bridgehead atoms. The van der Waals surface area contributed by atoms with E-state index >= 15 is 0 Å². The summed E-state index contributed by atoms with van der Waals surface area (Å²) < 4.78 is 11.9. The first-order chi connectivity index (χ1) is 12.0. The maximum Gasteiger partial charge on any atom is 0.349 e. The topological polar surface area (TPSA) is 80.6 Å². The summed E-state index contributed by atoms with van der Waals surface area (Å²) in [5.74, 6) is -0.220. The van der Waals surface area contributed by atoms with Crippen LogP contribution in [-0.4, -0.2) is 13.0 Å². The van der Waals surface area contributed by atoms with Crippen LogP contribution < -0.4 is 21.2 Å². The molecular formula is C17H12Br2N2O4. The molecule has 3 rings (SSSR count). The van der Waals surface area contributed by atoms with Gasteiger partial charge in [-0.3, -0.25) is 15.6 Å². The monoisotopic (exact) mass is 466 g/mol. The molecule has 128 valence electrons. The molecule has 25 heavy (non-hydrogen) atoms. The van der Waals surface area contributed by atoms with E-state index in [9.17, 15) is 9.59 Å². The predicted molar refractivity (Wildman–Crippen MR) is 102 cm³/mol. The van der Waals surface area contributed by atoms with Crippen molar-refractivity contribution >= 4 is 54.4 Å². The van der Waals surface area contributed by atoms with Crippen LogP contribution in [0.1, 0.15) is 10.4 Å². The van der Waals surface area contributed by atoms with Gasteiger partial charge in [-0.1, -0.05) is 18.2 Å². The lowest BCUT2D eigenvalue weighted by atomic mass is 10.1. The molecule has 6 nitrogen and oxygen atoms in total. The first-order valence-electron chi connectivity index (χ1n) is 7.12. The number of amides is 1. The molecule has 2 aromatic carbocycles. The lowest BCUT2D eigenvalue weighted by molar-refractivity contribution is 0.0959. The van der Waals surface area contributed by atoms with Crippen LogP contribution in [0.15, 0.2) is 60.6 Å². The van der Waals surface area contributed by atoms with Gasteiger partial charge in [0.05, 0.1) is 12.8 Å². The van der Waals surface area contributed by atoms with E-state index in [4.69, 9.17) is 9.15 Å². The molecule has 1 amide bonds. The quantitative estimate of drug-likeness (QED) is 0.446. The average molecular weight is 468 g/mol. The van der Waals surface area contributed by atoms with Gasteiger partial charge in [-0.2, -0.15) is 0 Å². The largest absolute Gasteiger partial charge is 0.493 e. The van der Waals surface area contributed by atoms with Crippen LogP contribution in [0.25, 0.3) is 11.0 Å². The summed E-state index contributed by atoms with van der Waals surface area (Å²) >= 11 is 6.81. The highest BCUT2D eigenvalue weighted by atomic mass is 79.9. The number of rotatable bonds is 4. The number of hydrazine groups is 1. The molecule has 0 radical (unpaired) electrons. The highest BCUT2D eigenvalue weighted by molar-refractivity contribution is 9.13. The van der Waals surface area contributed by atoms with Gasteiger partial charge in [0.2, 0.25) is 0 Å². The minimum absolute atomic E-state index is 0.128. The number of ether oxygens (including phenoxy) is 1. The zero-order chi connectivity index (χ0) is 18.0. The summed E-state index contributed by atoms with van der Waals surface area (Å²) in [5.41, 5.74) is 5.28. The number of nitrogens with one attached hydrogen (secondary N) is 2. The Hall–Kier alpha value is -2.32.